The number of thiocarbonyl (C=S) groups is 1. The Hall–Kier alpha value is -2.40. The van der Waals surface area contributed by atoms with E-state index in [0.717, 1.165) is 17.1 Å². The quantitative estimate of drug-likeness (QED) is 0.755. The van der Waals surface area contributed by atoms with Gasteiger partial charge < -0.3 is 16.0 Å². The van der Waals surface area contributed by atoms with Crippen molar-refractivity contribution in [1.29, 1.82) is 0 Å². The van der Waals surface area contributed by atoms with E-state index in [1.165, 1.54) is 12.5 Å². The number of anilines is 3. The Morgan fingerprint density at radius 2 is 1.48 bits per heavy atom. The molecule has 5 heteroatoms. The predicted molar refractivity (Wildman–Crippen MR) is 91.8 cm³/mol. The second-order valence-corrected chi connectivity index (χ2v) is 5.12. The SMILES string of the molecule is CC(=O)Nc1ccc(NC(=S)Nc2cccc(C)c2)cc1. The van der Waals surface area contributed by atoms with Crippen LogP contribution in [0, 0.1) is 6.92 Å². The summed E-state index contributed by atoms with van der Waals surface area (Å²) in [5.41, 5.74) is 3.73. The van der Waals surface area contributed by atoms with Crippen molar-refractivity contribution in [2.24, 2.45) is 0 Å². The first-order valence-electron chi connectivity index (χ1n) is 6.55. The van der Waals surface area contributed by atoms with E-state index < -0.39 is 0 Å². The Morgan fingerprint density at radius 3 is 2.05 bits per heavy atom. The van der Waals surface area contributed by atoms with Crippen molar-refractivity contribution >= 4 is 40.3 Å². The third-order valence-electron chi connectivity index (χ3n) is 2.74. The van der Waals surface area contributed by atoms with Gasteiger partial charge in [0, 0.05) is 24.0 Å². The van der Waals surface area contributed by atoms with Crippen molar-refractivity contribution in [1.82, 2.24) is 0 Å². The maximum atomic E-state index is 10.9. The minimum Gasteiger partial charge on any atom is -0.332 e. The van der Waals surface area contributed by atoms with Crippen LogP contribution in [0.2, 0.25) is 0 Å². The third-order valence-corrected chi connectivity index (χ3v) is 2.94. The van der Waals surface area contributed by atoms with Crippen molar-refractivity contribution < 1.29 is 4.79 Å². The van der Waals surface area contributed by atoms with Crippen LogP contribution in [0.4, 0.5) is 17.1 Å². The van der Waals surface area contributed by atoms with E-state index in [1.807, 2.05) is 55.5 Å². The molecule has 21 heavy (non-hydrogen) atoms. The van der Waals surface area contributed by atoms with Gasteiger partial charge in [0.25, 0.3) is 0 Å². The highest BCUT2D eigenvalue weighted by Crippen LogP contribution is 2.15. The molecule has 0 atom stereocenters. The number of nitrogens with one attached hydrogen (secondary N) is 3. The summed E-state index contributed by atoms with van der Waals surface area (Å²) in [4.78, 5) is 10.9. The fraction of sp³-hybridized carbons (Fsp3) is 0.125. The van der Waals surface area contributed by atoms with Crippen LogP contribution >= 0.6 is 12.2 Å². The smallest absolute Gasteiger partial charge is 0.221 e. The van der Waals surface area contributed by atoms with Crippen LogP contribution in [-0.2, 0) is 4.79 Å². The number of aryl methyl sites for hydroxylation is 1. The molecular formula is C16H17N3OS. The lowest BCUT2D eigenvalue weighted by molar-refractivity contribution is -0.114. The maximum absolute atomic E-state index is 10.9. The molecule has 0 bridgehead atoms. The first-order chi connectivity index (χ1) is 10.0. The summed E-state index contributed by atoms with van der Waals surface area (Å²) < 4.78 is 0. The summed E-state index contributed by atoms with van der Waals surface area (Å²) in [6.07, 6.45) is 0. The average Bonchev–Trinajstić information content (AvgIpc) is 2.40. The van der Waals surface area contributed by atoms with Gasteiger partial charge in [-0.15, -0.1) is 0 Å². The van der Waals surface area contributed by atoms with Gasteiger partial charge in [-0.2, -0.15) is 0 Å². The monoisotopic (exact) mass is 299 g/mol. The van der Waals surface area contributed by atoms with E-state index in [2.05, 4.69) is 16.0 Å². The highest BCUT2D eigenvalue weighted by Gasteiger charge is 2.00. The Labute approximate surface area is 129 Å². The van der Waals surface area contributed by atoms with Crippen LogP contribution in [-0.4, -0.2) is 11.0 Å². The summed E-state index contributed by atoms with van der Waals surface area (Å²) in [7, 11) is 0. The molecule has 0 saturated heterocycles. The molecular weight excluding hydrogens is 282 g/mol. The van der Waals surface area contributed by atoms with Crippen molar-refractivity contribution in [3.8, 4) is 0 Å². The Morgan fingerprint density at radius 1 is 0.905 bits per heavy atom. The summed E-state index contributed by atoms with van der Waals surface area (Å²) in [6, 6.07) is 15.3. The molecule has 3 N–H and O–H groups in total. The molecule has 0 aliphatic heterocycles. The summed E-state index contributed by atoms with van der Waals surface area (Å²) in [6.45, 7) is 3.51. The first-order valence-corrected chi connectivity index (χ1v) is 6.96. The van der Waals surface area contributed by atoms with Gasteiger partial charge in [0.05, 0.1) is 0 Å². The second-order valence-electron chi connectivity index (χ2n) is 4.71. The zero-order chi connectivity index (χ0) is 15.2. The zero-order valence-electron chi connectivity index (χ0n) is 11.9. The number of rotatable bonds is 3. The van der Waals surface area contributed by atoms with Crippen LogP contribution in [0.3, 0.4) is 0 Å². The number of amides is 1. The Bertz CT molecular complexity index is 653. The van der Waals surface area contributed by atoms with Gasteiger partial charge in [-0.3, -0.25) is 4.79 Å². The topological polar surface area (TPSA) is 53.2 Å². The van der Waals surface area contributed by atoms with Crippen molar-refractivity contribution in [3.05, 3.63) is 54.1 Å². The van der Waals surface area contributed by atoms with Crippen molar-refractivity contribution in [2.45, 2.75) is 13.8 Å². The number of benzene rings is 2. The third kappa shape index (κ3) is 4.89. The van der Waals surface area contributed by atoms with Crippen LogP contribution in [0.5, 0.6) is 0 Å². The van der Waals surface area contributed by atoms with E-state index in [0.29, 0.717) is 5.11 Å². The molecule has 0 heterocycles. The largest absolute Gasteiger partial charge is 0.332 e. The lowest BCUT2D eigenvalue weighted by Crippen LogP contribution is -2.19. The number of carbonyl (C=O) groups is 1. The van der Waals surface area contributed by atoms with Crippen molar-refractivity contribution in [3.63, 3.8) is 0 Å². The molecule has 0 fully saturated rings. The summed E-state index contributed by atoms with van der Waals surface area (Å²) in [5.74, 6) is -0.0904. The molecule has 4 nitrogen and oxygen atoms in total. The van der Waals surface area contributed by atoms with Gasteiger partial charge >= 0.3 is 0 Å². The van der Waals surface area contributed by atoms with Gasteiger partial charge in [0.1, 0.15) is 0 Å². The van der Waals surface area contributed by atoms with Crippen LogP contribution < -0.4 is 16.0 Å². The minimum atomic E-state index is -0.0904. The molecule has 1 amide bonds. The van der Waals surface area contributed by atoms with E-state index in [-0.39, 0.29) is 5.91 Å². The zero-order valence-corrected chi connectivity index (χ0v) is 12.8. The van der Waals surface area contributed by atoms with Crippen LogP contribution in [0.25, 0.3) is 0 Å². The summed E-state index contributed by atoms with van der Waals surface area (Å²) in [5, 5.41) is 9.46. The molecule has 0 aliphatic rings. The maximum Gasteiger partial charge on any atom is 0.221 e. The van der Waals surface area contributed by atoms with Gasteiger partial charge in [-0.1, -0.05) is 12.1 Å². The lowest BCUT2D eigenvalue weighted by Gasteiger charge is -2.11. The summed E-state index contributed by atoms with van der Waals surface area (Å²) >= 11 is 5.27. The van der Waals surface area contributed by atoms with E-state index >= 15 is 0 Å². The molecule has 0 aliphatic carbocycles. The Balaban J connectivity index is 1.95. The minimum absolute atomic E-state index is 0.0904. The van der Waals surface area contributed by atoms with Crippen LogP contribution in [0.1, 0.15) is 12.5 Å². The van der Waals surface area contributed by atoms with E-state index in [4.69, 9.17) is 12.2 Å². The molecule has 108 valence electrons. The number of hydrogen-bond donors (Lipinski definition) is 3. The molecule has 2 aromatic rings. The van der Waals surface area contributed by atoms with Crippen molar-refractivity contribution in [2.75, 3.05) is 16.0 Å². The first kappa shape index (κ1) is 15.0. The van der Waals surface area contributed by atoms with Gasteiger partial charge in [-0.25, -0.2) is 0 Å². The molecule has 0 radical (unpaired) electrons. The highest BCUT2D eigenvalue weighted by atomic mass is 32.1. The number of carbonyl (C=O) groups excluding carboxylic acids is 1. The van der Waals surface area contributed by atoms with E-state index in [9.17, 15) is 4.79 Å². The fourth-order valence-corrected chi connectivity index (χ4v) is 2.09. The molecule has 2 rings (SSSR count). The normalized spacial score (nSPS) is 9.81. The molecule has 0 spiro atoms. The molecule has 0 unspecified atom stereocenters. The van der Waals surface area contributed by atoms with Gasteiger partial charge in [0.2, 0.25) is 5.91 Å². The predicted octanol–water partition coefficient (Wildman–Crippen LogP) is 3.76. The lowest BCUT2D eigenvalue weighted by atomic mass is 10.2. The fourth-order valence-electron chi connectivity index (χ4n) is 1.86. The second kappa shape index (κ2) is 6.85. The van der Waals surface area contributed by atoms with Gasteiger partial charge in [-0.05, 0) is 61.1 Å². The highest BCUT2D eigenvalue weighted by molar-refractivity contribution is 7.80. The van der Waals surface area contributed by atoms with Crippen LogP contribution in [0.15, 0.2) is 48.5 Å². The number of hydrogen-bond acceptors (Lipinski definition) is 2. The molecule has 2 aromatic carbocycles. The molecule has 0 aromatic heterocycles. The van der Waals surface area contributed by atoms with E-state index in [1.54, 1.807) is 0 Å². The average molecular weight is 299 g/mol. The Kier molecular flexibility index (Phi) is 4.90. The molecule has 0 saturated carbocycles. The van der Waals surface area contributed by atoms with Gasteiger partial charge in [0.15, 0.2) is 5.11 Å². The standard InChI is InChI=1S/C16H17N3OS/c1-11-4-3-5-15(10-11)19-16(21)18-14-8-6-13(7-9-14)17-12(2)20/h3-10H,1-2H3,(H,17,20)(H2,18,19,21).